The highest BCUT2D eigenvalue weighted by Gasteiger charge is 2.40. The van der Waals surface area contributed by atoms with Crippen LogP contribution in [0.3, 0.4) is 0 Å². The van der Waals surface area contributed by atoms with Crippen molar-refractivity contribution in [3.05, 3.63) is 99.5 Å². The maximum absolute atomic E-state index is 13.6. The second kappa shape index (κ2) is 12.9. The van der Waals surface area contributed by atoms with Crippen molar-refractivity contribution in [3.63, 3.8) is 0 Å². The van der Waals surface area contributed by atoms with Crippen LogP contribution in [0.2, 0.25) is 0 Å². The number of halogens is 1. The smallest absolute Gasteiger partial charge is 0.247 e. The van der Waals surface area contributed by atoms with E-state index in [0.717, 1.165) is 14.7 Å². The number of hydrogen-bond acceptors (Lipinski definition) is 6. The van der Waals surface area contributed by atoms with Crippen LogP contribution in [0, 0.1) is 3.57 Å². The van der Waals surface area contributed by atoms with Crippen molar-refractivity contribution in [2.45, 2.75) is 37.6 Å². The van der Waals surface area contributed by atoms with E-state index in [1.54, 1.807) is 29.4 Å². The number of para-hydroxylation sites is 1. The summed E-state index contributed by atoms with van der Waals surface area (Å²) < 4.78 is 12.2. The molecule has 1 heterocycles. The summed E-state index contributed by atoms with van der Waals surface area (Å²) >= 11 is 2.15. The highest BCUT2D eigenvalue weighted by Crippen LogP contribution is 2.30. The second-order valence-corrected chi connectivity index (χ2v) is 9.92. The molecule has 0 saturated heterocycles. The highest BCUT2D eigenvalue weighted by molar-refractivity contribution is 14.1. The predicted molar refractivity (Wildman–Crippen MR) is 146 cm³/mol. The number of carbonyl (C=O) groups is 2. The first kappa shape index (κ1) is 26.9. The van der Waals surface area contributed by atoms with Gasteiger partial charge in [0.1, 0.15) is 18.0 Å². The van der Waals surface area contributed by atoms with Gasteiger partial charge in [0.15, 0.2) is 0 Å². The van der Waals surface area contributed by atoms with Gasteiger partial charge in [-0.25, -0.2) is 0 Å². The quantitative estimate of drug-likeness (QED) is 0.302. The first-order valence-electron chi connectivity index (χ1n) is 12.0. The van der Waals surface area contributed by atoms with E-state index in [-0.39, 0.29) is 44.4 Å². The lowest BCUT2D eigenvalue weighted by atomic mass is 9.87. The summed E-state index contributed by atoms with van der Waals surface area (Å²) in [6.07, 6.45) is 2.99. The van der Waals surface area contributed by atoms with Gasteiger partial charge < -0.3 is 29.6 Å². The molecule has 194 valence electrons. The van der Waals surface area contributed by atoms with Crippen molar-refractivity contribution >= 4 is 34.4 Å². The fourth-order valence-electron chi connectivity index (χ4n) is 4.31. The number of ether oxygens (including phenoxy) is 1. The summed E-state index contributed by atoms with van der Waals surface area (Å²) in [6, 6.07) is 17.8. The number of rotatable bonds is 10. The van der Waals surface area contributed by atoms with E-state index in [1.807, 2.05) is 48.5 Å². The van der Waals surface area contributed by atoms with Crippen molar-refractivity contribution in [3.8, 4) is 5.75 Å². The van der Waals surface area contributed by atoms with Gasteiger partial charge >= 0.3 is 0 Å². The predicted octanol–water partition coefficient (Wildman–Crippen LogP) is 3.07. The molecule has 2 aromatic carbocycles. The van der Waals surface area contributed by atoms with Gasteiger partial charge in [-0.05, 0) is 52.4 Å². The van der Waals surface area contributed by atoms with Crippen LogP contribution in [-0.4, -0.2) is 58.3 Å². The molecule has 0 fully saturated rings. The minimum atomic E-state index is -1.10. The Bertz CT molecular complexity index is 1210. The minimum Gasteiger partial charge on any atom is -0.482 e. The average molecular weight is 616 g/mol. The maximum Gasteiger partial charge on any atom is 0.247 e. The second-order valence-electron chi connectivity index (χ2n) is 8.76. The summed E-state index contributed by atoms with van der Waals surface area (Å²) in [5, 5.41) is 23.4. The third-order valence-corrected chi connectivity index (χ3v) is 7.06. The summed E-state index contributed by atoms with van der Waals surface area (Å²) in [6.45, 7) is 0.0948. The van der Waals surface area contributed by atoms with Gasteiger partial charge in [-0.15, -0.1) is 0 Å². The molecular weight excluding hydrogens is 587 g/mol. The van der Waals surface area contributed by atoms with E-state index in [9.17, 15) is 14.7 Å². The van der Waals surface area contributed by atoms with Crippen molar-refractivity contribution in [1.82, 2.24) is 10.2 Å². The molecule has 4 rings (SSSR count). The molecule has 3 unspecified atom stereocenters. The van der Waals surface area contributed by atoms with E-state index in [0.29, 0.717) is 11.3 Å². The lowest BCUT2D eigenvalue weighted by molar-refractivity contribution is -0.138. The van der Waals surface area contributed by atoms with Crippen LogP contribution < -0.4 is 10.1 Å². The number of nitrogens with one attached hydrogen (secondary N) is 1. The summed E-state index contributed by atoms with van der Waals surface area (Å²) in [7, 11) is 0. The topological polar surface area (TPSA) is 112 Å². The number of carbonyl (C=O) groups excluding carboxylic acids is 2. The van der Waals surface area contributed by atoms with Crippen LogP contribution >= 0.6 is 22.6 Å². The van der Waals surface area contributed by atoms with Crippen LogP contribution in [0.25, 0.3) is 0 Å². The largest absolute Gasteiger partial charge is 0.482 e. The number of furan rings is 1. The van der Waals surface area contributed by atoms with Crippen LogP contribution in [0.1, 0.15) is 17.5 Å². The lowest BCUT2D eigenvalue weighted by Gasteiger charge is -2.40. The van der Waals surface area contributed by atoms with Gasteiger partial charge in [-0.2, -0.15) is 0 Å². The molecule has 0 aliphatic heterocycles. The van der Waals surface area contributed by atoms with Gasteiger partial charge in [-0.3, -0.25) is 9.59 Å². The average Bonchev–Trinajstić information content (AvgIpc) is 3.42. The third-order valence-electron chi connectivity index (χ3n) is 6.17. The zero-order valence-corrected chi connectivity index (χ0v) is 22.3. The van der Waals surface area contributed by atoms with E-state index in [1.165, 1.54) is 6.26 Å². The molecule has 2 amide bonds. The van der Waals surface area contributed by atoms with Gasteiger partial charge in [0.2, 0.25) is 11.8 Å². The minimum absolute atomic E-state index is 0.0944. The molecule has 8 nitrogen and oxygen atoms in total. The first-order valence-corrected chi connectivity index (χ1v) is 13.1. The molecule has 1 aliphatic carbocycles. The number of hydrogen-bond donors (Lipinski definition) is 3. The van der Waals surface area contributed by atoms with Crippen molar-refractivity contribution in [2.75, 3.05) is 13.2 Å². The number of amides is 2. The van der Waals surface area contributed by atoms with E-state index < -0.39 is 18.2 Å². The molecule has 0 spiro atoms. The summed E-state index contributed by atoms with van der Waals surface area (Å²) in [5.74, 6) is -0.00116. The Morgan fingerprint density at radius 2 is 1.84 bits per heavy atom. The SMILES string of the molecule is O=C(NCCO)C1=CC(Oc2ccccc2I)C(O)C(N(Cc2ccoc2)C(=O)Cc2ccccc2)C1. The Labute approximate surface area is 229 Å². The molecule has 37 heavy (non-hydrogen) atoms. The Morgan fingerprint density at radius 3 is 2.54 bits per heavy atom. The number of aliphatic hydroxyl groups is 2. The van der Waals surface area contributed by atoms with Crippen LogP contribution in [-0.2, 0) is 22.6 Å². The van der Waals surface area contributed by atoms with E-state index in [2.05, 4.69) is 27.9 Å². The molecule has 1 aromatic heterocycles. The Hall–Kier alpha value is -3.15. The number of nitrogens with zero attached hydrogens (tertiary/aromatic N) is 1. The number of aliphatic hydroxyl groups excluding tert-OH is 2. The maximum atomic E-state index is 13.6. The lowest BCUT2D eigenvalue weighted by Crippen LogP contribution is -2.55. The molecule has 3 aromatic rings. The molecule has 1 aliphatic rings. The summed E-state index contributed by atoms with van der Waals surface area (Å²) in [5.41, 5.74) is 1.99. The summed E-state index contributed by atoms with van der Waals surface area (Å²) in [4.78, 5) is 28.2. The molecule has 3 N–H and O–H groups in total. The van der Waals surface area contributed by atoms with Gasteiger partial charge in [0.05, 0.1) is 35.2 Å². The normalized spacial score (nSPS) is 19.1. The zero-order chi connectivity index (χ0) is 26.2. The molecule has 3 atom stereocenters. The van der Waals surface area contributed by atoms with Gasteiger partial charge in [0.25, 0.3) is 0 Å². The fourth-order valence-corrected chi connectivity index (χ4v) is 4.82. The monoisotopic (exact) mass is 616 g/mol. The van der Waals surface area contributed by atoms with Crippen molar-refractivity contribution < 1.29 is 29.0 Å². The van der Waals surface area contributed by atoms with Crippen molar-refractivity contribution in [1.29, 1.82) is 0 Å². The standard InChI is InChI=1S/C28H29IN2O6/c29-22-8-4-5-9-24(22)37-25-16-21(28(35)30-11-12-32)15-23(27(25)34)31(17-20-10-13-36-18-20)26(33)14-19-6-2-1-3-7-19/h1-10,13,16,18,23,25,27,32,34H,11-12,14-15,17H2,(H,30,35). The molecule has 0 bridgehead atoms. The number of benzene rings is 2. The van der Waals surface area contributed by atoms with E-state index >= 15 is 0 Å². The molecule has 9 heteroatoms. The van der Waals surface area contributed by atoms with Gasteiger partial charge in [0, 0.05) is 30.6 Å². The first-order chi connectivity index (χ1) is 18.0. The Balaban J connectivity index is 1.67. The van der Waals surface area contributed by atoms with Crippen LogP contribution in [0.15, 0.2) is 89.3 Å². The molecule has 0 saturated carbocycles. The third kappa shape index (κ3) is 7.00. The Kier molecular flexibility index (Phi) is 9.37. The Morgan fingerprint density at radius 1 is 1.08 bits per heavy atom. The van der Waals surface area contributed by atoms with Gasteiger partial charge in [-0.1, -0.05) is 42.5 Å². The highest BCUT2D eigenvalue weighted by atomic mass is 127. The van der Waals surface area contributed by atoms with Crippen LogP contribution in [0.5, 0.6) is 5.75 Å². The van der Waals surface area contributed by atoms with E-state index in [4.69, 9.17) is 14.3 Å². The zero-order valence-electron chi connectivity index (χ0n) is 20.1. The fraction of sp³-hybridized carbons (Fsp3) is 0.286. The molecular formula is C28H29IN2O6. The van der Waals surface area contributed by atoms with Crippen LogP contribution in [0.4, 0.5) is 0 Å². The van der Waals surface area contributed by atoms with Crippen molar-refractivity contribution in [2.24, 2.45) is 0 Å². The molecule has 0 radical (unpaired) electrons.